The standard InChI is InChI=1S/C72H64O16/c1-41(73)81-65-49-17-9-18-50(65)34-52-20-11-22-54(67(52)83-43(3)75)36-56-24-13-26-58(69(56)85-45(5)77)38-60-28-15-30-62(71(60)87-47(7)79)40-64-32-16-31-63(72(64)88-48(8)80)39-61-29-14-27-59(70(61)86-46(6)78)37-57-25-12-23-55(68(57)84-44(4)76)35-53-21-10-19-51(33-49)66(53)82-42(2)74/h9-32H,33-40H2,1-8H3. The van der Waals surface area contributed by atoms with Crippen molar-refractivity contribution in [1.29, 1.82) is 0 Å². The highest BCUT2D eigenvalue weighted by Crippen LogP contribution is 2.42. The minimum absolute atomic E-state index is 0.102. The zero-order chi connectivity index (χ0) is 62.8. The SMILES string of the molecule is CC(=O)Oc1c2cccc1Cc1cccc(c1OC(C)=O)Cc1cccc(c1OC(C)=O)Cc1cccc(c1OC(C)=O)Cc1cccc(c1OC(C)=O)Cc1cccc(c1OC(C)=O)Cc1cccc(c1OC(C)=O)Cc1cccc(c1OC(C)=O)C2. The molecule has 16 bridgehead atoms. The number of rotatable bonds is 8. The summed E-state index contributed by atoms with van der Waals surface area (Å²) in [6.45, 7) is 10.3. The van der Waals surface area contributed by atoms with E-state index in [1.807, 2.05) is 48.5 Å². The fraction of sp³-hybridized carbons (Fsp3) is 0.222. The van der Waals surface area contributed by atoms with Gasteiger partial charge in [-0.1, -0.05) is 146 Å². The van der Waals surface area contributed by atoms with Gasteiger partial charge in [0, 0.05) is 107 Å². The average molecular weight is 1190 g/mol. The van der Waals surface area contributed by atoms with Crippen molar-refractivity contribution in [3.05, 3.63) is 235 Å². The summed E-state index contributed by atoms with van der Waals surface area (Å²) in [6.07, 6.45) is 0.813. The van der Waals surface area contributed by atoms with Crippen molar-refractivity contribution in [2.75, 3.05) is 0 Å². The molecule has 0 unspecified atom stereocenters. The summed E-state index contributed by atoms with van der Waals surface area (Å²) in [7, 11) is 0. The van der Waals surface area contributed by atoms with Gasteiger partial charge in [0.15, 0.2) is 0 Å². The van der Waals surface area contributed by atoms with E-state index >= 15 is 0 Å². The lowest BCUT2D eigenvalue weighted by atomic mass is 9.91. The molecule has 8 aromatic rings. The zero-order valence-electron chi connectivity index (χ0n) is 50.0. The van der Waals surface area contributed by atoms with Crippen molar-refractivity contribution >= 4 is 47.8 Å². The first kappa shape index (κ1) is 62.1. The lowest BCUT2D eigenvalue weighted by molar-refractivity contribution is -0.133. The molecule has 0 aliphatic heterocycles. The van der Waals surface area contributed by atoms with Crippen LogP contribution in [0.15, 0.2) is 146 Å². The minimum atomic E-state index is -0.600. The third-order valence-electron chi connectivity index (χ3n) is 14.4. The second-order valence-corrected chi connectivity index (χ2v) is 21.4. The molecule has 88 heavy (non-hydrogen) atoms. The molecule has 9 rings (SSSR count). The normalized spacial score (nSPS) is 12.1. The lowest BCUT2D eigenvalue weighted by Gasteiger charge is -2.21. The third kappa shape index (κ3) is 15.3. The van der Waals surface area contributed by atoms with Crippen LogP contribution in [0.5, 0.6) is 46.0 Å². The molecule has 0 heterocycles. The number of ether oxygens (including phenoxy) is 8. The van der Waals surface area contributed by atoms with Crippen LogP contribution in [0, 0.1) is 0 Å². The van der Waals surface area contributed by atoms with E-state index in [-0.39, 0.29) is 97.4 Å². The molecule has 1 aliphatic rings. The first-order valence-electron chi connectivity index (χ1n) is 28.5. The van der Waals surface area contributed by atoms with Crippen LogP contribution in [0.3, 0.4) is 0 Å². The summed E-state index contributed by atoms with van der Waals surface area (Å²) in [5.41, 5.74) is 8.94. The van der Waals surface area contributed by atoms with Crippen LogP contribution >= 0.6 is 0 Å². The predicted octanol–water partition coefficient (Wildman–Crippen LogP) is 12.1. The van der Waals surface area contributed by atoms with Gasteiger partial charge in [0.25, 0.3) is 0 Å². The molecule has 0 spiro atoms. The first-order chi connectivity index (χ1) is 42.2. The summed E-state index contributed by atoms with van der Waals surface area (Å²) in [5.74, 6) is -2.90. The van der Waals surface area contributed by atoms with Crippen molar-refractivity contribution in [3.63, 3.8) is 0 Å². The van der Waals surface area contributed by atoms with Crippen LogP contribution in [0.1, 0.15) is 144 Å². The van der Waals surface area contributed by atoms with Crippen LogP contribution in [-0.2, 0) is 89.7 Å². The van der Waals surface area contributed by atoms with Gasteiger partial charge in [-0.05, 0) is 89.0 Å². The molecule has 16 nitrogen and oxygen atoms in total. The molecule has 0 amide bonds. The van der Waals surface area contributed by atoms with Gasteiger partial charge in [-0.25, -0.2) is 0 Å². The summed E-state index contributed by atoms with van der Waals surface area (Å²) in [4.78, 5) is 105. The third-order valence-corrected chi connectivity index (χ3v) is 14.4. The van der Waals surface area contributed by atoms with Gasteiger partial charge in [0.2, 0.25) is 0 Å². The fourth-order valence-electron chi connectivity index (χ4n) is 11.2. The van der Waals surface area contributed by atoms with E-state index in [1.165, 1.54) is 55.4 Å². The second kappa shape index (κ2) is 27.7. The molecule has 0 fully saturated rings. The van der Waals surface area contributed by atoms with Crippen LogP contribution in [0.4, 0.5) is 0 Å². The van der Waals surface area contributed by atoms with Gasteiger partial charge >= 0.3 is 47.8 Å². The number of para-hydroxylation sites is 8. The summed E-state index contributed by atoms with van der Waals surface area (Å²) in [6, 6.07) is 43.3. The largest absolute Gasteiger partial charge is 0.426 e. The van der Waals surface area contributed by atoms with E-state index < -0.39 is 47.8 Å². The highest BCUT2D eigenvalue weighted by Gasteiger charge is 2.27. The second-order valence-electron chi connectivity index (χ2n) is 21.4. The Morgan fingerprint density at radius 2 is 0.261 bits per heavy atom. The number of benzene rings is 8. The number of carbonyl (C=O) groups is 8. The Labute approximate surface area is 509 Å². The molecule has 0 N–H and O–H groups in total. The number of hydrogen-bond donors (Lipinski definition) is 0. The van der Waals surface area contributed by atoms with Crippen molar-refractivity contribution in [2.45, 2.75) is 107 Å². The molecule has 0 saturated carbocycles. The number of carbonyl (C=O) groups excluding carboxylic acids is 8. The number of esters is 8. The Hall–Kier alpha value is -10.5. The highest BCUT2D eigenvalue weighted by atomic mass is 16.6. The molecule has 8 aromatic carbocycles. The average Bonchev–Trinajstić information content (AvgIpc) is 1.77. The van der Waals surface area contributed by atoms with Gasteiger partial charge in [0.1, 0.15) is 46.0 Å². The summed E-state index contributed by atoms with van der Waals surface area (Å²) in [5, 5.41) is 0. The van der Waals surface area contributed by atoms with Crippen LogP contribution in [-0.4, -0.2) is 47.8 Å². The Kier molecular flexibility index (Phi) is 19.5. The maximum Gasteiger partial charge on any atom is 0.308 e. The van der Waals surface area contributed by atoms with E-state index in [1.54, 1.807) is 97.1 Å². The maximum absolute atomic E-state index is 13.1. The Bertz CT molecular complexity index is 3150. The Morgan fingerprint density at radius 1 is 0.182 bits per heavy atom. The molecule has 0 radical (unpaired) electrons. The van der Waals surface area contributed by atoms with E-state index in [2.05, 4.69) is 0 Å². The summed E-state index contributed by atoms with van der Waals surface area (Å²) >= 11 is 0. The smallest absolute Gasteiger partial charge is 0.308 e. The number of hydrogen-bond acceptors (Lipinski definition) is 16. The van der Waals surface area contributed by atoms with E-state index in [4.69, 9.17) is 37.9 Å². The molecular formula is C72H64O16. The van der Waals surface area contributed by atoms with Crippen molar-refractivity contribution in [2.24, 2.45) is 0 Å². The van der Waals surface area contributed by atoms with Gasteiger partial charge < -0.3 is 37.9 Å². The van der Waals surface area contributed by atoms with Gasteiger partial charge in [-0.3, -0.25) is 38.4 Å². The van der Waals surface area contributed by atoms with Gasteiger partial charge in [-0.2, -0.15) is 0 Å². The monoisotopic (exact) mass is 1180 g/mol. The fourth-order valence-corrected chi connectivity index (χ4v) is 11.2. The topological polar surface area (TPSA) is 210 Å². The van der Waals surface area contributed by atoms with Crippen LogP contribution in [0.25, 0.3) is 0 Å². The van der Waals surface area contributed by atoms with Gasteiger partial charge in [-0.15, -0.1) is 0 Å². The van der Waals surface area contributed by atoms with Crippen LogP contribution < -0.4 is 37.9 Å². The van der Waals surface area contributed by atoms with E-state index in [0.29, 0.717) is 89.0 Å². The summed E-state index contributed by atoms with van der Waals surface area (Å²) < 4.78 is 48.4. The molecule has 0 aromatic heterocycles. The Balaban J connectivity index is 1.27. The van der Waals surface area contributed by atoms with Crippen molar-refractivity contribution < 1.29 is 76.3 Å². The molecule has 0 atom stereocenters. The van der Waals surface area contributed by atoms with E-state index in [0.717, 1.165) is 0 Å². The van der Waals surface area contributed by atoms with E-state index in [9.17, 15) is 38.4 Å². The molecular weight excluding hydrogens is 1120 g/mol. The highest BCUT2D eigenvalue weighted by molar-refractivity contribution is 5.77. The first-order valence-corrected chi connectivity index (χ1v) is 28.5. The van der Waals surface area contributed by atoms with Crippen LogP contribution in [0.2, 0.25) is 0 Å². The lowest BCUT2D eigenvalue weighted by Crippen LogP contribution is -2.12. The minimum Gasteiger partial charge on any atom is -0.426 e. The van der Waals surface area contributed by atoms with Gasteiger partial charge in [0.05, 0.1) is 0 Å². The molecule has 448 valence electrons. The Morgan fingerprint density at radius 3 is 0.330 bits per heavy atom. The predicted molar refractivity (Wildman–Crippen MR) is 324 cm³/mol. The maximum atomic E-state index is 13.1. The quantitative estimate of drug-likeness (QED) is 0.102. The molecule has 1 aliphatic carbocycles. The number of fused-ring (bicyclic) bond motifs is 16. The zero-order valence-corrected chi connectivity index (χ0v) is 50.0. The molecule has 16 heteroatoms. The van der Waals surface area contributed by atoms with Crippen molar-refractivity contribution in [1.82, 2.24) is 0 Å². The van der Waals surface area contributed by atoms with Crippen molar-refractivity contribution in [3.8, 4) is 46.0 Å². The molecule has 0 saturated heterocycles.